The molecule has 3 aliphatic rings. The molecule has 7 rings (SSSR count). The molecule has 2 unspecified atom stereocenters. The van der Waals surface area contributed by atoms with E-state index >= 15 is 0 Å². The van der Waals surface area contributed by atoms with Crippen LogP contribution in [0.5, 0.6) is 0 Å². The Bertz CT molecular complexity index is 1470. The number of aliphatic imine (C=N–C) groups is 1. The maximum Gasteiger partial charge on any atom is 0.142 e. The van der Waals surface area contributed by atoms with Gasteiger partial charge in [0.15, 0.2) is 0 Å². The highest BCUT2D eigenvalue weighted by Gasteiger charge is 2.37. The quantitative estimate of drug-likeness (QED) is 0.499. The van der Waals surface area contributed by atoms with Gasteiger partial charge in [-0.05, 0) is 31.3 Å². The van der Waals surface area contributed by atoms with Gasteiger partial charge in [0.1, 0.15) is 17.7 Å². The van der Waals surface area contributed by atoms with Crippen LogP contribution in [0.3, 0.4) is 0 Å². The summed E-state index contributed by atoms with van der Waals surface area (Å²) in [5, 5.41) is 1.23. The van der Waals surface area contributed by atoms with Crippen molar-refractivity contribution in [3.63, 3.8) is 0 Å². The van der Waals surface area contributed by atoms with Crippen LogP contribution >= 0.6 is 0 Å². The van der Waals surface area contributed by atoms with Gasteiger partial charge in [-0.2, -0.15) is 0 Å². The van der Waals surface area contributed by atoms with Crippen molar-refractivity contribution in [3.8, 4) is 22.6 Å². The third-order valence-electron chi connectivity index (χ3n) is 7.55. The number of H-pyrrole nitrogens is 1. The molecule has 5 heterocycles. The van der Waals surface area contributed by atoms with Crippen LogP contribution in [0.1, 0.15) is 23.3 Å². The number of fused-ring (bicyclic) bond motifs is 7. The van der Waals surface area contributed by atoms with Crippen molar-refractivity contribution in [2.24, 2.45) is 12.0 Å². The summed E-state index contributed by atoms with van der Waals surface area (Å²) in [7, 11) is 4.37. The SMILES string of the molecule is CN1CCN(c2c(-c3nc4c([nH]3)C3C=CC=NC3c3ncccc3-4)c3ccccc3n2C)CC1. The molecule has 0 amide bonds. The van der Waals surface area contributed by atoms with E-state index < -0.39 is 0 Å². The van der Waals surface area contributed by atoms with Crippen LogP contribution in [0.4, 0.5) is 5.82 Å². The second-order valence-electron chi connectivity index (χ2n) is 9.50. The molecular formula is C27H27N7. The van der Waals surface area contributed by atoms with Crippen LogP contribution in [0, 0.1) is 0 Å². The van der Waals surface area contributed by atoms with Gasteiger partial charge in [-0.1, -0.05) is 24.3 Å². The fourth-order valence-electron chi connectivity index (χ4n) is 5.81. The van der Waals surface area contributed by atoms with Gasteiger partial charge in [0.25, 0.3) is 0 Å². The Balaban J connectivity index is 1.46. The number of aryl methyl sites for hydroxylation is 1. The minimum Gasteiger partial charge on any atom is -0.355 e. The number of para-hydroxylation sites is 1. The fourth-order valence-corrected chi connectivity index (χ4v) is 5.81. The highest BCUT2D eigenvalue weighted by Crippen LogP contribution is 2.49. The second-order valence-corrected chi connectivity index (χ2v) is 9.50. The zero-order chi connectivity index (χ0) is 22.8. The van der Waals surface area contributed by atoms with Crippen LogP contribution in [0.25, 0.3) is 33.5 Å². The number of anilines is 1. The van der Waals surface area contributed by atoms with Crippen molar-refractivity contribution in [3.05, 3.63) is 66.1 Å². The molecule has 34 heavy (non-hydrogen) atoms. The summed E-state index contributed by atoms with van der Waals surface area (Å²) in [4.78, 5) is 23.4. The number of nitrogens with one attached hydrogen (secondary N) is 1. The largest absolute Gasteiger partial charge is 0.355 e. The third-order valence-corrected chi connectivity index (χ3v) is 7.55. The average Bonchev–Trinajstić information content (AvgIpc) is 3.45. The standard InChI is InChI=1S/C27H27N7/c1-32-13-15-34(16-14-32)27-21(17-7-3-4-10-20(17)33(27)2)26-30-24-18-8-5-11-28-22(18)23-19(25(24)31-26)9-6-12-29-23/h3-12,18,22H,13-16H2,1-2H3,(H,30,31). The van der Waals surface area contributed by atoms with Gasteiger partial charge in [0.2, 0.25) is 0 Å². The molecule has 170 valence electrons. The van der Waals surface area contributed by atoms with E-state index in [0.29, 0.717) is 0 Å². The van der Waals surface area contributed by atoms with E-state index in [1.165, 1.54) is 22.3 Å². The molecule has 3 aromatic heterocycles. The van der Waals surface area contributed by atoms with Crippen molar-refractivity contribution in [2.45, 2.75) is 12.0 Å². The number of hydrogen-bond donors (Lipinski definition) is 1. The van der Waals surface area contributed by atoms with E-state index in [-0.39, 0.29) is 12.0 Å². The van der Waals surface area contributed by atoms with Gasteiger partial charge in [-0.3, -0.25) is 9.98 Å². The summed E-state index contributed by atoms with van der Waals surface area (Å²) >= 11 is 0. The fraction of sp³-hybridized carbons (Fsp3) is 0.296. The molecule has 2 aliphatic heterocycles. The number of aromatic nitrogens is 4. The summed E-state index contributed by atoms with van der Waals surface area (Å²) in [5.74, 6) is 2.28. The number of piperazine rings is 1. The summed E-state index contributed by atoms with van der Waals surface area (Å²) in [5.41, 5.74) is 6.63. The van der Waals surface area contributed by atoms with Crippen LogP contribution in [-0.4, -0.2) is 63.9 Å². The lowest BCUT2D eigenvalue weighted by molar-refractivity contribution is 0.311. The number of nitrogens with zero attached hydrogens (tertiary/aromatic N) is 6. The molecule has 2 atom stereocenters. The first kappa shape index (κ1) is 19.7. The Hall–Kier alpha value is -3.71. The molecule has 0 radical (unpaired) electrons. The summed E-state index contributed by atoms with van der Waals surface area (Å²) < 4.78 is 2.33. The zero-order valence-electron chi connectivity index (χ0n) is 19.4. The lowest BCUT2D eigenvalue weighted by Gasteiger charge is -2.34. The Morgan fingerprint density at radius 3 is 2.74 bits per heavy atom. The Morgan fingerprint density at radius 1 is 1.00 bits per heavy atom. The lowest BCUT2D eigenvalue weighted by Crippen LogP contribution is -2.45. The van der Waals surface area contributed by atoms with E-state index in [2.05, 4.69) is 69.9 Å². The number of hydrogen-bond acceptors (Lipinski definition) is 5. The molecule has 0 saturated carbocycles. The van der Waals surface area contributed by atoms with Crippen molar-refractivity contribution in [1.82, 2.24) is 24.4 Å². The molecule has 0 spiro atoms. The van der Waals surface area contributed by atoms with Crippen molar-refractivity contribution < 1.29 is 0 Å². The number of allylic oxidation sites excluding steroid dienone is 1. The number of aromatic amines is 1. The smallest absolute Gasteiger partial charge is 0.142 e. The van der Waals surface area contributed by atoms with Gasteiger partial charge in [0, 0.05) is 62.5 Å². The van der Waals surface area contributed by atoms with Crippen LogP contribution in [0.15, 0.2) is 59.7 Å². The van der Waals surface area contributed by atoms with Crippen LogP contribution in [-0.2, 0) is 7.05 Å². The molecule has 1 saturated heterocycles. The summed E-state index contributed by atoms with van der Waals surface area (Å²) in [6.07, 6.45) is 8.00. The predicted octanol–water partition coefficient (Wildman–Crippen LogP) is 4.16. The first-order valence-electron chi connectivity index (χ1n) is 12.0. The zero-order valence-corrected chi connectivity index (χ0v) is 19.4. The van der Waals surface area contributed by atoms with Crippen molar-refractivity contribution >= 4 is 22.9 Å². The molecule has 4 aromatic rings. The topological polar surface area (TPSA) is 65.3 Å². The average molecular weight is 450 g/mol. The Labute approximate surface area is 198 Å². The second kappa shape index (κ2) is 7.40. The molecule has 0 bridgehead atoms. The maximum atomic E-state index is 5.26. The number of benzene rings is 1. The van der Waals surface area contributed by atoms with E-state index in [0.717, 1.165) is 54.6 Å². The molecule has 7 nitrogen and oxygen atoms in total. The van der Waals surface area contributed by atoms with Crippen LogP contribution < -0.4 is 4.90 Å². The van der Waals surface area contributed by atoms with Gasteiger partial charge < -0.3 is 19.4 Å². The van der Waals surface area contributed by atoms with E-state index in [9.17, 15) is 0 Å². The highest BCUT2D eigenvalue weighted by molar-refractivity contribution is 6.02. The number of imidazole rings is 1. The summed E-state index contributed by atoms with van der Waals surface area (Å²) in [6, 6.07) is 12.8. The first-order chi connectivity index (χ1) is 16.7. The maximum absolute atomic E-state index is 5.26. The van der Waals surface area contributed by atoms with Crippen molar-refractivity contribution in [2.75, 3.05) is 38.1 Å². The van der Waals surface area contributed by atoms with Gasteiger partial charge in [0.05, 0.1) is 28.2 Å². The lowest BCUT2D eigenvalue weighted by atomic mass is 9.82. The molecule has 1 N–H and O–H groups in total. The molecule has 7 heteroatoms. The minimum atomic E-state index is -0.00776. The highest BCUT2D eigenvalue weighted by atomic mass is 15.3. The minimum absolute atomic E-state index is 0.00776. The number of likely N-dealkylation sites (N-methyl/N-ethyl adjacent to an activating group) is 1. The van der Waals surface area contributed by atoms with Crippen molar-refractivity contribution in [1.29, 1.82) is 0 Å². The Morgan fingerprint density at radius 2 is 1.85 bits per heavy atom. The monoisotopic (exact) mass is 449 g/mol. The predicted molar refractivity (Wildman–Crippen MR) is 137 cm³/mol. The number of rotatable bonds is 2. The van der Waals surface area contributed by atoms with Gasteiger partial charge in [-0.15, -0.1) is 0 Å². The molecule has 1 aliphatic carbocycles. The normalized spacial score (nSPS) is 21.5. The number of dihydropyridines is 1. The number of pyridine rings is 1. The molecular weight excluding hydrogens is 422 g/mol. The van der Waals surface area contributed by atoms with E-state index in [1.807, 2.05) is 24.6 Å². The molecule has 1 fully saturated rings. The van der Waals surface area contributed by atoms with Gasteiger partial charge in [-0.25, -0.2) is 4.98 Å². The Kier molecular flexibility index (Phi) is 4.29. The van der Waals surface area contributed by atoms with Gasteiger partial charge >= 0.3 is 0 Å². The van der Waals surface area contributed by atoms with E-state index in [4.69, 9.17) is 15.0 Å². The van der Waals surface area contributed by atoms with Crippen LogP contribution in [0.2, 0.25) is 0 Å². The first-order valence-corrected chi connectivity index (χ1v) is 12.0. The van der Waals surface area contributed by atoms with E-state index in [1.54, 1.807) is 0 Å². The third kappa shape index (κ3) is 2.77. The molecule has 1 aromatic carbocycles. The summed E-state index contributed by atoms with van der Waals surface area (Å²) in [6.45, 7) is 4.12.